The maximum Gasteiger partial charge on any atom is 0.220 e. The highest BCUT2D eigenvalue weighted by Crippen LogP contribution is 2.33. The molecule has 0 bridgehead atoms. The molecular weight excluding hydrogens is 1230 g/mol. The van der Waals surface area contributed by atoms with Crippen molar-refractivity contribution >= 4 is 5.91 Å². The van der Waals surface area contributed by atoms with Crippen LogP contribution in [0.3, 0.4) is 0 Å². The van der Waals surface area contributed by atoms with Crippen molar-refractivity contribution in [2.75, 3.05) is 26.4 Å². The number of nitrogens with one attached hydrogen (secondary N) is 1. The summed E-state index contributed by atoms with van der Waals surface area (Å²) in [6, 6.07) is -0.917. The number of carbonyl (C=O) groups excluding carboxylic acids is 1. The molecule has 0 saturated carbocycles. The van der Waals surface area contributed by atoms with Crippen LogP contribution in [0.25, 0.3) is 0 Å². The maximum atomic E-state index is 13.4. The smallest absolute Gasteiger partial charge is 0.220 e. The number of hydrogen-bond donors (Lipinski definition) is 12. The molecule has 96 heavy (non-hydrogen) atoms. The predicted molar refractivity (Wildman–Crippen MR) is 378 cm³/mol. The van der Waals surface area contributed by atoms with Gasteiger partial charge in [0.2, 0.25) is 5.91 Å². The van der Waals surface area contributed by atoms with Gasteiger partial charge in [-0.25, -0.2) is 0 Å². The van der Waals surface area contributed by atoms with Crippen molar-refractivity contribution < 1.29 is 89.4 Å². The predicted octanol–water partition coefficient (Wildman–Crippen LogP) is 11.7. The van der Waals surface area contributed by atoms with Crippen molar-refractivity contribution in [2.45, 2.75) is 381 Å². The zero-order chi connectivity index (χ0) is 69.6. The van der Waals surface area contributed by atoms with E-state index < -0.39 is 124 Å². The monoisotopic (exact) mass is 1360 g/mol. The molecule has 17 atom stereocenters. The molecule has 19 heteroatoms. The molecule has 17 unspecified atom stereocenters. The van der Waals surface area contributed by atoms with Crippen LogP contribution in [0.5, 0.6) is 0 Å². The zero-order valence-corrected chi connectivity index (χ0v) is 59.3. The number of carbonyl (C=O) groups is 1. The van der Waals surface area contributed by atoms with E-state index in [0.29, 0.717) is 19.3 Å². The number of aliphatic hydroxyl groups is 11. The topological polar surface area (TPSA) is 307 Å². The summed E-state index contributed by atoms with van der Waals surface area (Å²) < 4.78 is 34.4. The molecule has 3 aliphatic heterocycles. The Balaban J connectivity index is 1.40. The maximum absolute atomic E-state index is 13.4. The van der Waals surface area contributed by atoms with Crippen molar-refractivity contribution in [3.05, 3.63) is 72.9 Å². The van der Waals surface area contributed by atoms with Gasteiger partial charge in [0.25, 0.3) is 0 Å². The Morgan fingerprint density at radius 3 is 1.10 bits per heavy atom. The van der Waals surface area contributed by atoms with Gasteiger partial charge in [-0.05, 0) is 64.2 Å². The Morgan fingerprint density at radius 1 is 0.385 bits per heavy atom. The van der Waals surface area contributed by atoms with E-state index in [1.807, 2.05) is 0 Å². The summed E-state index contributed by atoms with van der Waals surface area (Å²) >= 11 is 0. The van der Waals surface area contributed by atoms with Crippen molar-refractivity contribution in [3.8, 4) is 0 Å². The number of unbranched alkanes of at least 4 members (excludes halogenated alkanes) is 31. The second kappa shape index (κ2) is 57.8. The van der Waals surface area contributed by atoms with Gasteiger partial charge in [0.05, 0.1) is 38.6 Å². The van der Waals surface area contributed by atoms with Crippen LogP contribution in [0.2, 0.25) is 0 Å². The van der Waals surface area contributed by atoms with Crippen molar-refractivity contribution in [3.63, 3.8) is 0 Å². The van der Waals surface area contributed by atoms with Crippen LogP contribution in [0.4, 0.5) is 0 Å². The zero-order valence-electron chi connectivity index (χ0n) is 59.3. The van der Waals surface area contributed by atoms with E-state index in [-0.39, 0.29) is 18.9 Å². The Bertz CT molecular complexity index is 2020. The average Bonchev–Trinajstić information content (AvgIpc) is 0.785. The molecular formula is C77H137NO18. The molecule has 19 nitrogen and oxygen atoms in total. The van der Waals surface area contributed by atoms with Crippen LogP contribution in [-0.4, -0.2) is 193 Å². The van der Waals surface area contributed by atoms with Crippen molar-refractivity contribution in [1.29, 1.82) is 0 Å². The molecule has 0 spiro atoms. The fourth-order valence-electron chi connectivity index (χ4n) is 12.7. The lowest BCUT2D eigenvalue weighted by molar-refractivity contribution is -0.379. The summed E-state index contributed by atoms with van der Waals surface area (Å²) in [5.41, 5.74) is 0. The molecule has 0 aromatic heterocycles. The van der Waals surface area contributed by atoms with Gasteiger partial charge in [-0.1, -0.05) is 279 Å². The van der Waals surface area contributed by atoms with Gasteiger partial charge >= 0.3 is 0 Å². The minimum Gasteiger partial charge on any atom is -0.394 e. The molecule has 0 radical (unpaired) electrons. The van der Waals surface area contributed by atoms with E-state index >= 15 is 0 Å². The lowest BCUT2D eigenvalue weighted by Gasteiger charge is -2.48. The van der Waals surface area contributed by atoms with E-state index in [1.54, 1.807) is 0 Å². The Hall–Kier alpha value is -2.77. The molecule has 0 aliphatic carbocycles. The molecule has 3 aliphatic rings. The van der Waals surface area contributed by atoms with Gasteiger partial charge in [-0.15, -0.1) is 0 Å². The fourth-order valence-corrected chi connectivity index (χ4v) is 12.7. The van der Waals surface area contributed by atoms with Crippen LogP contribution < -0.4 is 5.32 Å². The summed E-state index contributed by atoms with van der Waals surface area (Å²) in [6.45, 7) is 1.68. The summed E-state index contributed by atoms with van der Waals surface area (Å²) in [7, 11) is 0. The lowest BCUT2D eigenvalue weighted by Crippen LogP contribution is -2.66. The Kier molecular flexibility index (Phi) is 52.7. The van der Waals surface area contributed by atoms with E-state index in [0.717, 1.165) is 70.6 Å². The number of amides is 1. The molecule has 3 fully saturated rings. The van der Waals surface area contributed by atoms with Gasteiger partial charge in [0, 0.05) is 6.42 Å². The van der Waals surface area contributed by atoms with E-state index in [4.69, 9.17) is 28.4 Å². The second-order valence-electron chi connectivity index (χ2n) is 27.1. The number of hydrogen-bond acceptors (Lipinski definition) is 18. The molecule has 558 valence electrons. The summed E-state index contributed by atoms with van der Waals surface area (Å²) in [5.74, 6) is -0.284. The van der Waals surface area contributed by atoms with Gasteiger partial charge in [0.15, 0.2) is 18.9 Å². The minimum absolute atomic E-state index is 0.208. The van der Waals surface area contributed by atoms with E-state index in [9.17, 15) is 61.0 Å². The van der Waals surface area contributed by atoms with Crippen LogP contribution in [0.1, 0.15) is 277 Å². The first kappa shape index (κ1) is 87.4. The van der Waals surface area contributed by atoms with E-state index in [2.05, 4.69) is 92.1 Å². The molecule has 0 aromatic rings. The van der Waals surface area contributed by atoms with Gasteiger partial charge in [-0.2, -0.15) is 0 Å². The molecule has 3 rings (SSSR count). The molecule has 0 aromatic carbocycles. The van der Waals surface area contributed by atoms with Crippen LogP contribution in [0, 0.1) is 0 Å². The third-order valence-corrected chi connectivity index (χ3v) is 18.8. The average molecular weight is 1360 g/mol. The lowest BCUT2D eigenvalue weighted by atomic mass is 9.96. The van der Waals surface area contributed by atoms with Crippen molar-refractivity contribution in [1.82, 2.24) is 5.32 Å². The Labute approximate surface area is 578 Å². The molecule has 1 amide bonds. The number of aliphatic hydroxyl groups excluding tert-OH is 11. The molecule has 12 N–H and O–H groups in total. The van der Waals surface area contributed by atoms with Crippen LogP contribution >= 0.6 is 0 Å². The highest BCUT2D eigenvalue weighted by Gasteiger charge is 2.53. The second-order valence-corrected chi connectivity index (χ2v) is 27.1. The largest absolute Gasteiger partial charge is 0.394 e. The first-order chi connectivity index (χ1) is 46.8. The summed E-state index contributed by atoms with van der Waals surface area (Å²) in [6.07, 6.45) is 47.1. The van der Waals surface area contributed by atoms with E-state index in [1.165, 1.54) is 167 Å². The third kappa shape index (κ3) is 38.3. The first-order valence-electron chi connectivity index (χ1n) is 38.2. The van der Waals surface area contributed by atoms with Crippen LogP contribution in [-0.2, 0) is 33.2 Å². The number of allylic oxidation sites excluding steroid dienone is 12. The SMILES string of the molecule is CC/C=C\C/C=C\C/C=C\C/C=C\C/C=C\C/C=C\CCCCC(=O)NC(COC1OC(CO)C(OC2OC(CO)C(OC3OC(CO)C(O)C(O)C3O)C(O)C2O)C(O)C1O)C(O)CCCCCCCCCCCCCCCCCCCCCCCCCCCCCCCC. The third-order valence-electron chi connectivity index (χ3n) is 18.8. The molecule has 3 heterocycles. The van der Waals surface area contributed by atoms with Gasteiger partial charge < -0.3 is 89.9 Å². The van der Waals surface area contributed by atoms with Crippen LogP contribution in [0.15, 0.2) is 72.9 Å². The summed E-state index contributed by atoms with van der Waals surface area (Å²) in [4.78, 5) is 13.4. The number of ether oxygens (including phenoxy) is 6. The highest BCUT2D eigenvalue weighted by atomic mass is 16.8. The first-order valence-corrected chi connectivity index (χ1v) is 38.2. The van der Waals surface area contributed by atoms with Gasteiger partial charge in [-0.3, -0.25) is 4.79 Å². The van der Waals surface area contributed by atoms with Crippen molar-refractivity contribution in [2.24, 2.45) is 0 Å². The standard InChI is InChI=1S/C77H137NO18/c1-3-5-7-9-11-13-15-17-19-21-23-25-26-27-28-29-30-31-32-33-35-36-38-40-42-44-46-48-50-52-54-61(82)60(78-65(83)55-53-51-49-47-45-43-41-39-37-34-24-22-20-18-16-14-12-10-8-6-4-2)59-91-75-71(89)68(86)73(63(57-80)93-75)96-77-72(90)69(87)74(64(58-81)94-77)95-76-70(88)67(85)66(84)62(56-79)92-76/h6,8,12,14,18,20,24,34,39,41,45,47,60-64,66-77,79-82,84-90H,3-5,7,9-11,13,15-17,19,21-23,25-33,35-38,40,42-44,46,48-59H2,1-2H3,(H,78,83)/b8-6-,14-12-,20-18-,34-24-,41-39-,47-45-. The normalized spacial score (nSPS) is 27.4. The highest BCUT2D eigenvalue weighted by molar-refractivity contribution is 5.76. The Morgan fingerprint density at radius 2 is 0.719 bits per heavy atom. The number of rotatable bonds is 59. The van der Waals surface area contributed by atoms with Gasteiger partial charge in [0.1, 0.15) is 73.2 Å². The fraction of sp³-hybridized carbons (Fsp3) is 0.831. The molecule has 3 saturated heterocycles. The quantitative estimate of drug-likeness (QED) is 0.0199. The summed E-state index contributed by atoms with van der Waals surface area (Å²) in [5, 5.41) is 121. The minimum atomic E-state index is -1.98.